The van der Waals surface area contributed by atoms with Gasteiger partial charge in [0, 0.05) is 7.05 Å². The number of hydrogen-bond acceptors (Lipinski definition) is 3. The highest BCUT2D eigenvalue weighted by atomic mass is 16.4. The van der Waals surface area contributed by atoms with Crippen molar-refractivity contribution in [2.75, 3.05) is 12.1 Å². The van der Waals surface area contributed by atoms with Gasteiger partial charge in [0.2, 0.25) is 0 Å². The summed E-state index contributed by atoms with van der Waals surface area (Å²) in [6, 6.07) is 16.4. The van der Waals surface area contributed by atoms with E-state index in [1.165, 1.54) is 0 Å². The first-order chi connectivity index (χ1) is 9.16. The van der Waals surface area contributed by atoms with Gasteiger partial charge in [0.05, 0.1) is 17.5 Å². The van der Waals surface area contributed by atoms with Crippen molar-refractivity contribution < 1.29 is 9.90 Å². The first-order valence-electron chi connectivity index (χ1n) is 5.83. The molecule has 0 unspecified atom stereocenters. The van der Waals surface area contributed by atoms with Crippen LogP contribution in [0.1, 0.15) is 15.9 Å². The molecule has 0 saturated carbocycles. The van der Waals surface area contributed by atoms with Crippen molar-refractivity contribution in [2.24, 2.45) is 5.10 Å². The van der Waals surface area contributed by atoms with Crippen LogP contribution in [0.5, 0.6) is 0 Å². The summed E-state index contributed by atoms with van der Waals surface area (Å²) in [6.07, 6.45) is 1.69. The lowest BCUT2D eigenvalue weighted by molar-refractivity contribution is 0.0697. The maximum absolute atomic E-state index is 10.7. The van der Waals surface area contributed by atoms with Crippen molar-refractivity contribution in [3.63, 3.8) is 0 Å². The van der Waals surface area contributed by atoms with E-state index in [1.807, 2.05) is 37.4 Å². The minimum atomic E-state index is -0.926. The smallest absolute Gasteiger partial charge is 0.335 e. The molecule has 2 aromatic rings. The number of para-hydroxylation sites is 1. The Morgan fingerprint density at radius 3 is 2.32 bits per heavy atom. The lowest BCUT2D eigenvalue weighted by Crippen LogP contribution is -2.08. The number of rotatable bonds is 4. The number of carboxylic acids is 1. The molecule has 96 valence electrons. The summed E-state index contributed by atoms with van der Waals surface area (Å²) in [5.41, 5.74) is 2.11. The molecule has 0 bridgehead atoms. The molecule has 0 aliphatic heterocycles. The molecule has 1 N–H and O–H groups in total. The van der Waals surface area contributed by atoms with Gasteiger partial charge in [-0.25, -0.2) is 4.79 Å². The molecule has 4 heteroatoms. The van der Waals surface area contributed by atoms with Crippen LogP contribution in [0, 0.1) is 0 Å². The van der Waals surface area contributed by atoms with Crippen molar-refractivity contribution in [3.05, 3.63) is 65.7 Å². The van der Waals surface area contributed by atoms with Gasteiger partial charge in [0.15, 0.2) is 0 Å². The second-order valence-corrected chi connectivity index (χ2v) is 4.03. The lowest BCUT2D eigenvalue weighted by atomic mass is 10.1. The molecular weight excluding hydrogens is 240 g/mol. The van der Waals surface area contributed by atoms with E-state index in [0.29, 0.717) is 0 Å². The second-order valence-electron chi connectivity index (χ2n) is 4.03. The number of nitrogens with zero attached hydrogens (tertiary/aromatic N) is 2. The van der Waals surface area contributed by atoms with E-state index in [4.69, 9.17) is 5.11 Å². The van der Waals surface area contributed by atoms with E-state index in [2.05, 4.69) is 5.10 Å². The summed E-state index contributed by atoms with van der Waals surface area (Å²) in [5, 5.41) is 14.9. The summed E-state index contributed by atoms with van der Waals surface area (Å²) < 4.78 is 0. The fourth-order valence-corrected chi connectivity index (χ4v) is 1.58. The molecule has 0 saturated heterocycles. The van der Waals surface area contributed by atoms with E-state index in [1.54, 1.807) is 35.5 Å². The standard InChI is InChI=1S/C15H14N2O2/c1-17(14-5-3-2-4-6-14)16-11-12-7-9-13(10-8-12)15(18)19/h2-11H,1H3,(H,18,19)/b16-11+. The molecule has 0 spiro atoms. The largest absolute Gasteiger partial charge is 0.478 e. The van der Waals surface area contributed by atoms with Gasteiger partial charge < -0.3 is 5.11 Å². The van der Waals surface area contributed by atoms with Crippen LogP contribution >= 0.6 is 0 Å². The predicted molar refractivity (Wildman–Crippen MR) is 75.8 cm³/mol. The van der Waals surface area contributed by atoms with Crippen LogP contribution in [0.25, 0.3) is 0 Å². The molecule has 0 aromatic heterocycles. The summed E-state index contributed by atoms with van der Waals surface area (Å²) in [6.45, 7) is 0. The average molecular weight is 254 g/mol. The lowest BCUT2D eigenvalue weighted by Gasteiger charge is -2.12. The van der Waals surface area contributed by atoms with Crippen LogP contribution in [-0.4, -0.2) is 24.3 Å². The summed E-state index contributed by atoms with van der Waals surface area (Å²) >= 11 is 0. The Kier molecular flexibility index (Phi) is 3.93. The number of carbonyl (C=O) groups is 1. The topological polar surface area (TPSA) is 52.9 Å². The van der Waals surface area contributed by atoms with Crippen LogP contribution in [0.4, 0.5) is 5.69 Å². The number of carboxylic acid groups (broad SMARTS) is 1. The zero-order chi connectivity index (χ0) is 13.7. The molecule has 0 radical (unpaired) electrons. The third-order valence-corrected chi connectivity index (χ3v) is 2.67. The Hall–Kier alpha value is -2.62. The Morgan fingerprint density at radius 1 is 1.11 bits per heavy atom. The first kappa shape index (κ1) is 12.8. The van der Waals surface area contributed by atoms with Gasteiger partial charge in [0.25, 0.3) is 0 Å². The molecule has 0 amide bonds. The van der Waals surface area contributed by atoms with Crippen molar-refractivity contribution in [2.45, 2.75) is 0 Å². The molecule has 2 aromatic carbocycles. The molecule has 19 heavy (non-hydrogen) atoms. The summed E-state index contributed by atoms with van der Waals surface area (Å²) in [4.78, 5) is 10.7. The Balaban J connectivity index is 2.08. The van der Waals surface area contributed by atoms with Crippen molar-refractivity contribution in [1.29, 1.82) is 0 Å². The molecule has 0 atom stereocenters. The van der Waals surface area contributed by atoms with Crippen LogP contribution in [0.15, 0.2) is 59.7 Å². The fraction of sp³-hybridized carbons (Fsp3) is 0.0667. The zero-order valence-corrected chi connectivity index (χ0v) is 10.5. The number of aromatic carboxylic acids is 1. The number of anilines is 1. The van der Waals surface area contributed by atoms with E-state index in [0.717, 1.165) is 11.3 Å². The predicted octanol–water partition coefficient (Wildman–Crippen LogP) is 2.86. The fourth-order valence-electron chi connectivity index (χ4n) is 1.58. The van der Waals surface area contributed by atoms with E-state index < -0.39 is 5.97 Å². The Bertz CT molecular complexity index is 577. The average Bonchev–Trinajstić information content (AvgIpc) is 2.46. The van der Waals surface area contributed by atoms with Crippen molar-refractivity contribution >= 4 is 17.9 Å². The van der Waals surface area contributed by atoms with Gasteiger partial charge in [-0.2, -0.15) is 5.10 Å². The molecule has 0 heterocycles. The maximum Gasteiger partial charge on any atom is 0.335 e. The van der Waals surface area contributed by atoms with Crippen LogP contribution in [0.3, 0.4) is 0 Å². The molecule has 2 rings (SSSR count). The third-order valence-electron chi connectivity index (χ3n) is 2.67. The minimum Gasteiger partial charge on any atom is -0.478 e. The van der Waals surface area contributed by atoms with Gasteiger partial charge >= 0.3 is 5.97 Å². The first-order valence-corrected chi connectivity index (χ1v) is 5.83. The second kappa shape index (κ2) is 5.82. The quantitative estimate of drug-likeness (QED) is 0.674. The minimum absolute atomic E-state index is 0.272. The molecule has 0 fully saturated rings. The van der Waals surface area contributed by atoms with Gasteiger partial charge in [0.1, 0.15) is 0 Å². The van der Waals surface area contributed by atoms with Crippen molar-refractivity contribution in [3.8, 4) is 0 Å². The normalized spacial score (nSPS) is 10.6. The van der Waals surface area contributed by atoms with E-state index in [9.17, 15) is 4.79 Å². The highest BCUT2D eigenvalue weighted by molar-refractivity contribution is 5.89. The third kappa shape index (κ3) is 3.42. The maximum atomic E-state index is 10.7. The molecule has 4 nitrogen and oxygen atoms in total. The summed E-state index contributed by atoms with van der Waals surface area (Å²) in [7, 11) is 1.86. The highest BCUT2D eigenvalue weighted by Gasteiger charge is 2.00. The van der Waals surface area contributed by atoms with E-state index in [-0.39, 0.29) is 5.56 Å². The van der Waals surface area contributed by atoms with Gasteiger partial charge in [-0.1, -0.05) is 30.3 Å². The van der Waals surface area contributed by atoms with Crippen LogP contribution < -0.4 is 5.01 Å². The van der Waals surface area contributed by atoms with Crippen LogP contribution in [-0.2, 0) is 0 Å². The zero-order valence-electron chi connectivity index (χ0n) is 10.5. The number of hydrazone groups is 1. The SMILES string of the molecule is CN(/N=C/c1ccc(C(=O)O)cc1)c1ccccc1. The molecule has 0 aliphatic rings. The number of hydrogen-bond donors (Lipinski definition) is 1. The Labute approximate surface area is 111 Å². The van der Waals surface area contributed by atoms with Gasteiger partial charge in [-0.05, 0) is 29.8 Å². The highest BCUT2D eigenvalue weighted by Crippen LogP contribution is 2.11. The number of benzene rings is 2. The van der Waals surface area contributed by atoms with Crippen molar-refractivity contribution in [1.82, 2.24) is 0 Å². The van der Waals surface area contributed by atoms with Gasteiger partial charge in [-0.3, -0.25) is 5.01 Å². The summed E-state index contributed by atoms with van der Waals surface area (Å²) in [5.74, 6) is -0.926. The Morgan fingerprint density at radius 2 is 1.74 bits per heavy atom. The molecule has 0 aliphatic carbocycles. The molecular formula is C15H14N2O2. The van der Waals surface area contributed by atoms with Crippen LogP contribution in [0.2, 0.25) is 0 Å². The van der Waals surface area contributed by atoms with Gasteiger partial charge in [-0.15, -0.1) is 0 Å². The monoisotopic (exact) mass is 254 g/mol. The van der Waals surface area contributed by atoms with E-state index >= 15 is 0 Å².